The second kappa shape index (κ2) is 7.41. The molecule has 2 rings (SSSR count). The first-order chi connectivity index (χ1) is 9.66. The van der Waals surface area contributed by atoms with Crippen molar-refractivity contribution in [1.29, 1.82) is 0 Å². The van der Waals surface area contributed by atoms with Crippen molar-refractivity contribution in [3.8, 4) is 0 Å². The molecule has 0 aliphatic carbocycles. The minimum absolute atomic E-state index is 0.0795. The lowest BCUT2D eigenvalue weighted by molar-refractivity contribution is -0.122. The van der Waals surface area contributed by atoms with E-state index in [2.05, 4.69) is 17.3 Å². The van der Waals surface area contributed by atoms with Gasteiger partial charge in [-0.25, -0.2) is 0 Å². The van der Waals surface area contributed by atoms with E-state index < -0.39 is 6.04 Å². The van der Waals surface area contributed by atoms with Crippen molar-refractivity contribution < 1.29 is 4.79 Å². The van der Waals surface area contributed by atoms with Gasteiger partial charge in [-0.2, -0.15) is 0 Å². The molecule has 1 aliphatic rings. The highest BCUT2D eigenvalue weighted by Crippen LogP contribution is 2.18. The Labute approximate surface area is 121 Å². The van der Waals surface area contributed by atoms with Gasteiger partial charge in [0.15, 0.2) is 0 Å². The van der Waals surface area contributed by atoms with Crippen LogP contribution in [-0.4, -0.2) is 37.5 Å². The van der Waals surface area contributed by atoms with E-state index >= 15 is 0 Å². The van der Waals surface area contributed by atoms with Gasteiger partial charge < -0.3 is 16.0 Å². The third kappa shape index (κ3) is 4.32. The van der Waals surface area contributed by atoms with Crippen LogP contribution in [0.15, 0.2) is 30.3 Å². The summed E-state index contributed by atoms with van der Waals surface area (Å²) in [6, 6.07) is 8.95. The lowest BCUT2D eigenvalue weighted by Crippen LogP contribution is -2.36. The van der Waals surface area contributed by atoms with Gasteiger partial charge in [-0.05, 0) is 50.9 Å². The Morgan fingerprint density at radius 1 is 1.35 bits per heavy atom. The maximum absolute atomic E-state index is 12.0. The normalized spacial score (nSPS) is 18.7. The maximum Gasteiger partial charge on any atom is 0.241 e. The molecule has 4 nitrogen and oxygen atoms in total. The first-order valence-corrected chi connectivity index (χ1v) is 7.43. The second-order valence-electron chi connectivity index (χ2n) is 5.71. The van der Waals surface area contributed by atoms with Gasteiger partial charge in [0.1, 0.15) is 6.04 Å². The summed E-state index contributed by atoms with van der Waals surface area (Å²) in [5, 5.41) is 2.96. The fourth-order valence-electron chi connectivity index (χ4n) is 2.67. The Bertz CT molecular complexity index is 413. The Hall–Kier alpha value is -1.39. The third-order valence-electron chi connectivity index (χ3n) is 4.13. The minimum atomic E-state index is -0.561. The number of likely N-dealkylation sites (tertiary alicyclic amines) is 1. The highest BCUT2D eigenvalue weighted by atomic mass is 16.2. The summed E-state index contributed by atoms with van der Waals surface area (Å²) in [6.45, 7) is 3.07. The quantitative estimate of drug-likeness (QED) is 0.857. The van der Waals surface area contributed by atoms with Crippen LogP contribution in [0.4, 0.5) is 0 Å². The summed E-state index contributed by atoms with van der Waals surface area (Å²) in [5.74, 6) is 0.656. The smallest absolute Gasteiger partial charge is 0.241 e. The molecular weight excluding hydrogens is 250 g/mol. The lowest BCUT2D eigenvalue weighted by Gasteiger charge is -2.29. The van der Waals surface area contributed by atoms with Crippen LogP contribution in [-0.2, 0) is 4.79 Å². The summed E-state index contributed by atoms with van der Waals surface area (Å²) in [5.41, 5.74) is 6.82. The predicted octanol–water partition coefficient (Wildman–Crippen LogP) is 1.53. The number of benzene rings is 1. The van der Waals surface area contributed by atoms with Crippen LogP contribution in [0.1, 0.15) is 30.9 Å². The summed E-state index contributed by atoms with van der Waals surface area (Å²) >= 11 is 0. The molecule has 1 fully saturated rings. The number of rotatable bonds is 5. The Morgan fingerprint density at radius 2 is 2.00 bits per heavy atom. The van der Waals surface area contributed by atoms with E-state index in [1.807, 2.05) is 30.3 Å². The first-order valence-electron chi connectivity index (χ1n) is 7.43. The van der Waals surface area contributed by atoms with Crippen LogP contribution < -0.4 is 11.1 Å². The van der Waals surface area contributed by atoms with Gasteiger partial charge >= 0.3 is 0 Å². The fourth-order valence-corrected chi connectivity index (χ4v) is 2.67. The van der Waals surface area contributed by atoms with Gasteiger partial charge in [0.05, 0.1) is 0 Å². The van der Waals surface area contributed by atoms with E-state index in [9.17, 15) is 4.79 Å². The molecule has 0 bridgehead atoms. The monoisotopic (exact) mass is 275 g/mol. The van der Waals surface area contributed by atoms with Crippen molar-refractivity contribution in [1.82, 2.24) is 10.2 Å². The topological polar surface area (TPSA) is 58.4 Å². The lowest BCUT2D eigenvalue weighted by atomic mass is 9.94. The van der Waals surface area contributed by atoms with Gasteiger partial charge in [0, 0.05) is 6.54 Å². The molecule has 0 saturated carbocycles. The molecular formula is C16H25N3O. The fraction of sp³-hybridized carbons (Fsp3) is 0.562. The van der Waals surface area contributed by atoms with Crippen LogP contribution in [0, 0.1) is 5.92 Å². The molecule has 1 atom stereocenters. The average Bonchev–Trinajstić information content (AvgIpc) is 2.49. The van der Waals surface area contributed by atoms with Crippen molar-refractivity contribution >= 4 is 5.91 Å². The summed E-state index contributed by atoms with van der Waals surface area (Å²) in [7, 11) is 2.16. The van der Waals surface area contributed by atoms with Gasteiger partial charge in [-0.3, -0.25) is 4.79 Å². The minimum Gasteiger partial charge on any atom is -0.354 e. The zero-order chi connectivity index (χ0) is 14.4. The zero-order valence-electron chi connectivity index (χ0n) is 12.2. The van der Waals surface area contributed by atoms with E-state index in [0.717, 1.165) is 24.4 Å². The highest BCUT2D eigenvalue weighted by Gasteiger charge is 2.18. The third-order valence-corrected chi connectivity index (χ3v) is 4.13. The standard InChI is InChI=1S/C16H25N3O/c1-19-11-8-13(9-12-19)7-10-18-16(20)15(17)14-5-3-2-4-6-14/h2-6,13,15H,7-12,17H2,1H3,(H,18,20)/t15-/m0/s1. The van der Waals surface area contributed by atoms with E-state index in [4.69, 9.17) is 5.73 Å². The molecule has 1 amide bonds. The number of nitrogens with one attached hydrogen (secondary N) is 1. The van der Waals surface area contributed by atoms with Gasteiger partial charge in [0.25, 0.3) is 0 Å². The molecule has 1 aromatic carbocycles. The zero-order valence-corrected chi connectivity index (χ0v) is 12.2. The van der Waals surface area contributed by atoms with Crippen LogP contribution in [0.5, 0.6) is 0 Å². The number of carbonyl (C=O) groups is 1. The molecule has 1 heterocycles. The largest absolute Gasteiger partial charge is 0.354 e. The van der Waals surface area contributed by atoms with E-state index in [-0.39, 0.29) is 5.91 Å². The van der Waals surface area contributed by atoms with E-state index in [0.29, 0.717) is 0 Å². The summed E-state index contributed by atoms with van der Waals surface area (Å²) < 4.78 is 0. The van der Waals surface area contributed by atoms with E-state index in [1.165, 1.54) is 25.9 Å². The van der Waals surface area contributed by atoms with Crippen LogP contribution in [0.3, 0.4) is 0 Å². The molecule has 110 valence electrons. The molecule has 0 aromatic heterocycles. The summed E-state index contributed by atoms with van der Waals surface area (Å²) in [6.07, 6.45) is 3.52. The predicted molar refractivity (Wildman–Crippen MR) is 81.2 cm³/mol. The average molecular weight is 275 g/mol. The number of nitrogens with zero attached hydrogens (tertiary/aromatic N) is 1. The number of nitrogens with two attached hydrogens (primary N) is 1. The molecule has 20 heavy (non-hydrogen) atoms. The van der Waals surface area contributed by atoms with Crippen molar-refractivity contribution in [3.63, 3.8) is 0 Å². The van der Waals surface area contributed by atoms with Crippen LogP contribution >= 0.6 is 0 Å². The molecule has 3 N–H and O–H groups in total. The van der Waals surface area contributed by atoms with E-state index in [1.54, 1.807) is 0 Å². The van der Waals surface area contributed by atoms with Crippen molar-refractivity contribution in [2.24, 2.45) is 11.7 Å². The van der Waals surface area contributed by atoms with Crippen molar-refractivity contribution in [2.75, 3.05) is 26.7 Å². The SMILES string of the molecule is CN1CCC(CCNC(=O)[C@@H](N)c2ccccc2)CC1. The number of hydrogen-bond acceptors (Lipinski definition) is 3. The Kier molecular flexibility index (Phi) is 5.56. The molecule has 1 saturated heterocycles. The highest BCUT2D eigenvalue weighted by molar-refractivity contribution is 5.82. The Morgan fingerprint density at radius 3 is 2.65 bits per heavy atom. The number of carbonyl (C=O) groups excluding carboxylic acids is 1. The molecule has 0 radical (unpaired) electrons. The first kappa shape index (κ1) is 15.0. The second-order valence-corrected chi connectivity index (χ2v) is 5.71. The van der Waals surface area contributed by atoms with Crippen molar-refractivity contribution in [2.45, 2.75) is 25.3 Å². The molecule has 0 spiro atoms. The van der Waals surface area contributed by atoms with Crippen LogP contribution in [0.2, 0.25) is 0 Å². The van der Waals surface area contributed by atoms with Gasteiger partial charge in [-0.15, -0.1) is 0 Å². The summed E-state index contributed by atoms with van der Waals surface area (Å²) in [4.78, 5) is 14.4. The maximum atomic E-state index is 12.0. The number of amides is 1. The Balaban J connectivity index is 1.70. The molecule has 1 aliphatic heterocycles. The molecule has 1 aromatic rings. The molecule has 0 unspecified atom stereocenters. The van der Waals surface area contributed by atoms with Gasteiger partial charge in [-0.1, -0.05) is 30.3 Å². The number of piperidine rings is 1. The van der Waals surface area contributed by atoms with Crippen LogP contribution in [0.25, 0.3) is 0 Å². The molecule has 4 heteroatoms. The van der Waals surface area contributed by atoms with Gasteiger partial charge in [0.2, 0.25) is 5.91 Å². The number of hydrogen-bond donors (Lipinski definition) is 2. The van der Waals surface area contributed by atoms with Crippen molar-refractivity contribution in [3.05, 3.63) is 35.9 Å².